The molecule has 0 radical (unpaired) electrons. The zero-order valence-electron chi connectivity index (χ0n) is 22.3. The van der Waals surface area contributed by atoms with Crippen LogP contribution in [0.15, 0.2) is 46.6 Å². The zero-order valence-corrected chi connectivity index (χ0v) is 22.3. The fourth-order valence-electron chi connectivity index (χ4n) is 4.60. The lowest BCUT2D eigenvalue weighted by Crippen LogP contribution is -2.11. The summed E-state index contributed by atoms with van der Waals surface area (Å²) in [5.74, 6) is -0.106. The molecule has 1 aromatic rings. The molecule has 0 aliphatic carbocycles. The van der Waals surface area contributed by atoms with E-state index in [0.717, 1.165) is 31.2 Å². The quantitative estimate of drug-likeness (QED) is 0.106. The molecule has 0 unspecified atom stereocenters. The molecule has 0 spiro atoms. The number of nitrogens with zero attached hydrogens (tertiary/aromatic N) is 1. The number of cyclic esters (lactones) is 1. The maximum Gasteiger partial charge on any atom is 0.364 e. The highest BCUT2D eigenvalue weighted by molar-refractivity contribution is 6.14. The maximum atomic E-state index is 13.2. The Balaban J connectivity index is 1.94. The smallest absolute Gasteiger partial charge is 0.364 e. The van der Waals surface area contributed by atoms with Crippen LogP contribution in [0.3, 0.4) is 0 Å². The van der Waals surface area contributed by atoms with Gasteiger partial charge in [0.15, 0.2) is 11.5 Å². The van der Waals surface area contributed by atoms with E-state index in [2.05, 4.69) is 18.8 Å². The Kier molecular flexibility index (Phi) is 15.0. The van der Waals surface area contributed by atoms with E-state index < -0.39 is 5.97 Å². The first kappa shape index (κ1) is 29.0. The number of hydrogen-bond donors (Lipinski definition) is 0. The summed E-state index contributed by atoms with van der Waals surface area (Å²) in [5.41, 5.74) is 1.57. The van der Waals surface area contributed by atoms with Gasteiger partial charge in [-0.2, -0.15) is 0 Å². The van der Waals surface area contributed by atoms with Crippen molar-refractivity contribution in [3.05, 3.63) is 47.2 Å². The normalized spacial score (nSPS) is 14.7. The molecule has 0 fully saturated rings. The number of carbonyl (C=O) groups excluding carboxylic acids is 2. The van der Waals surface area contributed by atoms with Gasteiger partial charge in [0.1, 0.15) is 0 Å². The van der Waals surface area contributed by atoms with Crippen LogP contribution in [-0.4, -0.2) is 17.7 Å². The maximum absolute atomic E-state index is 13.2. The van der Waals surface area contributed by atoms with Gasteiger partial charge >= 0.3 is 5.97 Å². The summed E-state index contributed by atoms with van der Waals surface area (Å²) >= 11 is 0. The molecule has 0 atom stereocenters. The Hall–Kier alpha value is -2.23. The number of benzene rings is 1. The fraction of sp³-hybridized carbons (Fsp3) is 0.645. The number of allylic oxidation sites excluding steroid dienone is 1. The second kappa shape index (κ2) is 18.1. The topological polar surface area (TPSA) is 55.7 Å². The number of unbranched alkanes of at least 4 members (excludes halogenated alkanes) is 14. The largest absolute Gasteiger partial charge is 0.402 e. The highest BCUT2D eigenvalue weighted by Gasteiger charge is 2.29. The molecule has 0 saturated carbocycles. The lowest BCUT2D eigenvalue weighted by Gasteiger charge is -2.08. The average molecular weight is 482 g/mol. The van der Waals surface area contributed by atoms with Crippen molar-refractivity contribution in [3.63, 3.8) is 0 Å². The van der Waals surface area contributed by atoms with Crippen molar-refractivity contribution in [2.45, 2.75) is 129 Å². The third-order valence-electron chi connectivity index (χ3n) is 6.78. The number of ketones is 1. The molecule has 35 heavy (non-hydrogen) atoms. The Labute approximate surface area is 213 Å². The first-order valence-electron chi connectivity index (χ1n) is 14.3. The van der Waals surface area contributed by atoms with Crippen molar-refractivity contribution in [1.82, 2.24) is 0 Å². The predicted octanol–water partition coefficient (Wildman–Crippen LogP) is 8.87. The predicted molar refractivity (Wildman–Crippen MR) is 146 cm³/mol. The molecule has 1 aliphatic heterocycles. The third-order valence-corrected chi connectivity index (χ3v) is 6.78. The molecule has 0 amide bonds. The van der Waals surface area contributed by atoms with E-state index in [9.17, 15) is 9.59 Å². The number of esters is 1. The van der Waals surface area contributed by atoms with Crippen LogP contribution >= 0.6 is 0 Å². The van der Waals surface area contributed by atoms with Gasteiger partial charge in [-0.1, -0.05) is 122 Å². The van der Waals surface area contributed by atoms with Crippen LogP contribution in [0, 0.1) is 0 Å². The molecular formula is C31H47NO3. The van der Waals surface area contributed by atoms with E-state index in [1.165, 1.54) is 77.0 Å². The van der Waals surface area contributed by atoms with Gasteiger partial charge in [-0.3, -0.25) is 4.79 Å². The molecular weight excluding hydrogens is 434 g/mol. The van der Waals surface area contributed by atoms with Crippen LogP contribution in [0.4, 0.5) is 0 Å². The molecule has 0 saturated heterocycles. The van der Waals surface area contributed by atoms with Gasteiger partial charge in [-0.15, -0.1) is 0 Å². The van der Waals surface area contributed by atoms with Crippen molar-refractivity contribution < 1.29 is 14.3 Å². The van der Waals surface area contributed by atoms with Crippen molar-refractivity contribution in [2.24, 2.45) is 4.99 Å². The van der Waals surface area contributed by atoms with Crippen molar-refractivity contribution >= 4 is 17.7 Å². The summed E-state index contributed by atoms with van der Waals surface area (Å²) in [6.45, 7) is 4.47. The van der Waals surface area contributed by atoms with Gasteiger partial charge in [0.05, 0.1) is 0 Å². The Morgan fingerprint density at radius 2 is 1.17 bits per heavy atom. The Morgan fingerprint density at radius 3 is 1.71 bits per heavy atom. The first-order valence-corrected chi connectivity index (χ1v) is 14.3. The minimum Gasteiger partial charge on any atom is -0.402 e. The van der Waals surface area contributed by atoms with Gasteiger partial charge in [0.25, 0.3) is 0 Å². The summed E-state index contributed by atoms with van der Waals surface area (Å²) < 4.78 is 5.46. The molecule has 4 heteroatoms. The molecule has 0 N–H and O–H groups in total. The van der Waals surface area contributed by atoms with Crippen LogP contribution in [-0.2, 0) is 14.3 Å². The Bertz CT molecular complexity index is 810. The van der Waals surface area contributed by atoms with E-state index in [1.807, 2.05) is 30.3 Å². The number of ether oxygens (including phenoxy) is 1. The lowest BCUT2D eigenvalue weighted by atomic mass is 9.96. The molecule has 2 rings (SSSR count). The summed E-state index contributed by atoms with van der Waals surface area (Å²) in [7, 11) is 0. The van der Waals surface area contributed by atoms with Crippen LogP contribution in [0.1, 0.15) is 135 Å². The first-order chi connectivity index (χ1) is 17.2. The summed E-state index contributed by atoms with van der Waals surface area (Å²) in [6.07, 6.45) is 20.3. The highest BCUT2D eigenvalue weighted by atomic mass is 16.6. The standard InChI is InChI=1S/C31H47NO3/c1-3-5-7-9-11-13-15-20-24-27(28(33)25-21-16-14-12-10-8-6-4-2)29-31(34)35-30(32-29)26-22-18-17-19-23-26/h17-19,22-23H,3-16,20-21,24-25H2,1-2H3. The zero-order chi connectivity index (χ0) is 25.1. The summed E-state index contributed by atoms with van der Waals surface area (Å²) in [5, 5.41) is 0. The molecule has 0 bridgehead atoms. The second-order valence-corrected chi connectivity index (χ2v) is 9.87. The molecule has 194 valence electrons. The fourth-order valence-corrected chi connectivity index (χ4v) is 4.60. The van der Waals surface area contributed by atoms with Gasteiger partial charge in [-0.25, -0.2) is 9.79 Å². The summed E-state index contributed by atoms with van der Waals surface area (Å²) in [4.78, 5) is 30.4. The number of hydrogen-bond acceptors (Lipinski definition) is 4. The lowest BCUT2D eigenvalue weighted by molar-refractivity contribution is -0.130. The third kappa shape index (κ3) is 11.4. The van der Waals surface area contributed by atoms with Crippen molar-refractivity contribution in [3.8, 4) is 0 Å². The van der Waals surface area contributed by atoms with E-state index in [1.54, 1.807) is 0 Å². The van der Waals surface area contributed by atoms with Crippen LogP contribution in [0.5, 0.6) is 0 Å². The second-order valence-electron chi connectivity index (χ2n) is 9.87. The van der Waals surface area contributed by atoms with Gasteiger partial charge in [-0.05, 0) is 31.4 Å². The molecule has 1 heterocycles. The summed E-state index contributed by atoms with van der Waals surface area (Å²) in [6, 6.07) is 9.44. The van der Waals surface area contributed by atoms with Gasteiger partial charge in [0, 0.05) is 17.6 Å². The Morgan fingerprint density at radius 1 is 0.686 bits per heavy atom. The van der Waals surface area contributed by atoms with Gasteiger partial charge < -0.3 is 4.74 Å². The highest BCUT2D eigenvalue weighted by Crippen LogP contribution is 2.25. The van der Waals surface area contributed by atoms with Crippen LogP contribution < -0.4 is 0 Å². The van der Waals surface area contributed by atoms with E-state index in [0.29, 0.717) is 24.3 Å². The van der Waals surface area contributed by atoms with E-state index >= 15 is 0 Å². The molecule has 4 nitrogen and oxygen atoms in total. The van der Waals surface area contributed by atoms with Crippen LogP contribution in [0.2, 0.25) is 0 Å². The minimum absolute atomic E-state index is 0.0731. The average Bonchev–Trinajstić information content (AvgIpc) is 3.26. The van der Waals surface area contributed by atoms with Crippen LogP contribution in [0.25, 0.3) is 0 Å². The monoisotopic (exact) mass is 481 g/mol. The number of Topliss-reactive ketones (excluding diaryl/α,β-unsaturated/α-hetero) is 1. The molecule has 1 aliphatic rings. The molecule has 1 aromatic carbocycles. The number of carbonyl (C=O) groups is 2. The van der Waals surface area contributed by atoms with E-state index in [4.69, 9.17) is 4.74 Å². The van der Waals surface area contributed by atoms with E-state index in [-0.39, 0.29) is 11.5 Å². The molecule has 0 aromatic heterocycles. The number of aliphatic imine (C=N–C) groups is 1. The number of rotatable bonds is 20. The van der Waals surface area contributed by atoms with Gasteiger partial charge in [0.2, 0.25) is 5.90 Å². The van der Waals surface area contributed by atoms with Crippen molar-refractivity contribution in [1.29, 1.82) is 0 Å². The van der Waals surface area contributed by atoms with Crippen molar-refractivity contribution in [2.75, 3.05) is 0 Å². The minimum atomic E-state index is -0.484. The SMILES string of the molecule is CCCCCCCCCCC(=O)C(CCCCCCCCCC)=C1N=C(c2ccccc2)OC1=O.